The second-order valence-electron chi connectivity index (χ2n) is 6.93. The number of carbonyl (C=O) groups is 4. The van der Waals surface area contributed by atoms with Gasteiger partial charge in [0.25, 0.3) is 0 Å². The van der Waals surface area contributed by atoms with Gasteiger partial charge in [-0.25, -0.2) is 4.79 Å². The number of aliphatic carboxylic acids is 1. The molecular formula is C19H28N4O5. The third kappa shape index (κ3) is 7.75. The lowest BCUT2D eigenvalue weighted by atomic mass is 10.0. The minimum absolute atomic E-state index is 0.0503. The second kappa shape index (κ2) is 11.0. The molecule has 0 fully saturated rings. The molecule has 154 valence electrons. The van der Waals surface area contributed by atoms with Crippen LogP contribution in [-0.2, 0) is 25.6 Å². The van der Waals surface area contributed by atoms with Crippen molar-refractivity contribution in [2.45, 2.75) is 51.2 Å². The van der Waals surface area contributed by atoms with E-state index in [4.69, 9.17) is 11.5 Å². The third-order valence-corrected chi connectivity index (χ3v) is 4.18. The smallest absolute Gasteiger partial charge is 0.326 e. The first kappa shape index (κ1) is 23.1. The fourth-order valence-electron chi connectivity index (χ4n) is 2.54. The van der Waals surface area contributed by atoms with Crippen molar-refractivity contribution in [3.63, 3.8) is 0 Å². The van der Waals surface area contributed by atoms with Gasteiger partial charge in [-0.15, -0.1) is 0 Å². The van der Waals surface area contributed by atoms with Gasteiger partial charge in [0.2, 0.25) is 17.7 Å². The number of hydrogen-bond donors (Lipinski definition) is 5. The van der Waals surface area contributed by atoms with Gasteiger partial charge in [0.05, 0.1) is 6.04 Å². The van der Waals surface area contributed by atoms with E-state index < -0.39 is 41.8 Å². The summed E-state index contributed by atoms with van der Waals surface area (Å²) in [6.07, 6.45) is 0.115. The second-order valence-corrected chi connectivity index (χ2v) is 6.93. The molecule has 3 unspecified atom stereocenters. The number of nitrogens with one attached hydrogen (secondary N) is 2. The van der Waals surface area contributed by atoms with Gasteiger partial charge in [-0.3, -0.25) is 14.4 Å². The highest BCUT2D eigenvalue weighted by atomic mass is 16.4. The SMILES string of the molecule is CC(C)C(NC(=O)C(N)CCC(N)=O)C(=O)NC(Cc1ccccc1)C(=O)O. The predicted octanol–water partition coefficient (Wildman–Crippen LogP) is -0.468. The largest absolute Gasteiger partial charge is 0.480 e. The first-order valence-corrected chi connectivity index (χ1v) is 9.03. The summed E-state index contributed by atoms with van der Waals surface area (Å²) in [4.78, 5) is 47.2. The Morgan fingerprint density at radius 2 is 1.64 bits per heavy atom. The molecule has 0 bridgehead atoms. The van der Waals surface area contributed by atoms with E-state index in [0.717, 1.165) is 5.56 Å². The number of rotatable bonds is 11. The van der Waals surface area contributed by atoms with Crippen LogP contribution in [0, 0.1) is 5.92 Å². The highest BCUT2D eigenvalue weighted by Gasteiger charge is 2.30. The lowest BCUT2D eigenvalue weighted by Gasteiger charge is -2.25. The van der Waals surface area contributed by atoms with Crippen molar-refractivity contribution in [3.05, 3.63) is 35.9 Å². The number of hydrogen-bond acceptors (Lipinski definition) is 5. The molecule has 0 radical (unpaired) electrons. The third-order valence-electron chi connectivity index (χ3n) is 4.18. The van der Waals surface area contributed by atoms with E-state index >= 15 is 0 Å². The Labute approximate surface area is 163 Å². The average molecular weight is 392 g/mol. The van der Waals surface area contributed by atoms with Crippen LogP contribution in [0.15, 0.2) is 30.3 Å². The van der Waals surface area contributed by atoms with Crippen molar-refractivity contribution in [1.29, 1.82) is 0 Å². The molecule has 0 aliphatic rings. The van der Waals surface area contributed by atoms with Gasteiger partial charge >= 0.3 is 5.97 Å². The zero-order chi connectivity index (χ0) is 21.3. The van der Waals surface area contributed by atoms with Crippen molar-refractivity contribution in [2.75, 3.05) is 0 Å². The Morgan fingerprint density at radius 3 is 2.14 bits per heavy atom. The topological polar surface area (TPSA) is 165 Å². The molecule has 0 heterocycles. The molecule has 9 nitrogen and oxygen atoms in total. The summed E-state index contributed by atoms with van der Waals surface area (Å²) < 4.78 is 0. The van der Waals surface area contributed by atoms with E-state index in [1.54, 1.807) is 38.1 Å². The molecule has 28 heavy (non-hydrogen) atoms. The molecule has 1 rings (SSSR count). The minimum atomic E-state index is -1.18. The lowest BCUT2D eigenvalue weighted by Crippen LogP contribution is -2.56. The van der Waals surface area contributed by atoms with E-state index in [-0.39, 0.29) is 25.2 Å². The van der Waals surface area contributed by atoms with E-state index in [0.29, 0.717) is 0 Å². The van der Waals surface area contributed by atoms with Crippen LogP contribution in [0.25, 0.3) is 0 Å². The van der Waals surface area contributed by atoms with Crippen LogP contribution in [0.5, 0.6) is 0 Å². The van der Waals surface area contributed by atoms with Gasteiger partial charge in [0, 0.05) is 12.8 Å². The molecule has 0 spiro atoms. The molecule has 0 aromatic heterocycles. The standard InChI is InChI=1S/C19H28N4O5/c1-11(2)16(23-17(25)13(20)8-9-15(21)24)18(26)22-14(19(27)28)10-12-6-4-3-5-7-12/h3-7,11,13-14,16H,8-10,20H2,1-2H3,(H2,21,24)(H,22,26)(H,23,25)(H,27,28). The van der Waals surface area contributed by atoms with Crippen molar-refractivity contribution in [3.8, 4) is 0 Å². The highest BCUT2D eigenvalue weighted by Crippen LogP contribution is 2.07. The summed E-state index contributed by atoms with van der Waals surface area (Å²) in [6.45, 7) is 3.43. The number of nitrogens with two attached hydrogens (primary N) is 2. The molecule has 7 N–H and O–H groups in total. The van der Waals surface area contributed by atoms with Crippen LogP contribution in [0.3, 0.4) is 0 Å². The summed E-state index contributed by atoms with van der Waals surface area (Å²) in [5, 5.41) is 14.4. The Morgan fingerprint density at radius 1 is 1.04 bits per heavy atom. The van der Waals surface area contributed by atoms with Gasteiger partial charge < -0.3 is 27.2 Å². The van der Waals surface area contributed by atoms with Crippen molar-refractivity contribution < 1.29 is 24.3 Å². The summed E-state index contributed by atoms with van der Waals surface area (Å²) >= 11 is 0. The first-order chi connectivity index (χ1) is 13.1. The van der Waals surface area contributed by atoms with Crippen LogP contribution < -0.4 is 22.1 Å². The van der Waals surface area contributed by atoms with Gasteiger partial charge in [-0.05, 0) is 17.9 Å². The van der Waals surface area contributed by atoms with E-state index in [9.17, 15) is 24.3 Å². The summed E-state index contributed by atoms with van der Waals surface area (Å²) in [7, 11) is 0. The maximum absolute atomic E-state index is 12.6. The van der Waals surface area contributed by atoms with Gasteiger partial charge in [-0.1, -0.05) is 44.2 Å². The van der Waals surface area contributed by atoms with Gasteiger partial charge in [-0.2, -0.15) is 0 Å². The Balaban J connectivity index is 2.77. The number of amides is 3. The van der Waals surface area contributed by atoms with E-state index in [2.05, 4.69) is 10.6 Å². The van der Waals surface area contributed by atoms with Crippen molar-refractivity contribution in [2.24, 2.45) is 17.4 Å². The Kier molecular flexibility index (Phi) is 9.10. The van der Waals surface area contributed by atoms with Crippen LogP contribution in [-0.4, -0.2) is 46.9 Å². The molecule has 0 aliphatic carbocycles. The fourth-order valence-corrected chi connectivity index (χ4v) is 2.54. The van der Waals surface area contributed by atoms with Gasteiger partial charge in [0.1, 0.15) is 12.1 Å². The number of benzene rings is 1. The predicted molar refractivity (Wildman–Crippen MR) is 103 cm³/mol. The molecule has 0 saturated carbocycles. The van der Waals surface area contributed by atoms with Crippen LogP contribution in [0.4, 0.5) is 0 Å². The maximum atomic E-state index is 12.6. The number of primary amides is 1. The quantitative estimate of drug-likeness (QED) is 0.342. The molecule has 3 amide bonds. The van der Waals surface area contributed by atoms with Crippen LogP contribution in [0.1, 0.15) is 32.3 Å². The zero-order valence-electron chi connectivity index (χ0n) is 16.1. The van der Waals surface area contributed by atoms with E-state index in [1.807, 2.05) is 6.07 Å². The maximum Gasteiger partial charge on any atom is 0.326 e. The first-order valence-electron chi connectivity index (χ1n) is 9.03. The number of carboxylic acid groups (broad SMARTS) is 1. The highest BCUT2D eigenvalue weighted by molar-refractivity contribution is 5.92. The molecular weight excluding hydrogens is 364 g/mol. The molecule has 3 atom stereocenters. The summed E-state index contributed by atoms with van der Waals surface area (Å²) in [6, 6.07) is 5.79. The average Bonchev–Trinajstić information content (AvgIpc) is 2.63. The lowest BCUT2D eigenvalue weighted by molar-refractivity contribution is -0.142. The van der Waals surface area contributed by atoms with Crippen molar-refractivity contribution >= 4 is 23.7 Å². The summed E-state index contributed by atoms with van der Waals surface area (Å²) in [5.74, 6) is -3.28. The molecule has 0 saturated heterocycles. The van der Waals surface area contributed by atoms with Crippen LogP contribution in [0.2, 0.25) is 0 Å². The monoisotopic (exact) mass is 392 g/mol. The molecule has 1 aromatic rings. The molecule has 1 aromatic carbocycles. The summed E-state index contributed by atoms with van der Waals surface area (Å²) in [5.41, 5.74) is 11.5. The van der Waals surface area contributed by atoms with Gasteiger partial charge in [0.15, 0.2) is 0 Å². The fraction of sp³-hybridized carbons (Fsp3) is 0.474. The normalized spacial score (nSPS) is 14.0. The minimum Gasteiger partial charge on any atom is -0.480 e. The zero-order valence-corrected chi connectivity index (χ0v) is 16.1. The Bertz CT molecular complexity index is 693. The molecule has 9 heteroatoms. The van der Waals surface area contributed by atoms with E-state index in [1.165, 1.54) is 0 Å². The number of carboxylic acids is 1. The van der Waals surface area contributed by atoms with Crippen molar-refractivity contribution in [1.82, 2.24) is 10.6 Å². The number of carbonyl (C=O) groups excluding carboxylic acids is 3. The van der Waals surface area contributed by atoms with Crippen LogP contribution >= 0.6 is 0 Å². The molecule has 0 aliphatic heterocycles. The Hall–Kier alpha value is -2.94.